The first-order valence-corrected chi connectivity index (χ1v) is 10.9. The van der Waals surface area contributed by atoms with Crippen molar-refractivity contribution in [3.05, 3.63) is 46.2 Å². The summed E-state index contributed by atoms with van der Waals surface area (Å²) in [5.41, 5.74) is 2.20. The average molecular weight is 474 g/mol. The number of likely N-dealkylation sites (tertiary alicyclic amines) is 1. The van der Waals surface area contributed by atoms with Gasteiger partial charge in [0.25, 0.3) is 5.91 Å². The van der Waals surface area contributed by atoms with Crippen molar-refractivity contribution in [3.63, 3.8) is 0 Å². The molecule has 2 fully saturated rings. The first-order chi connectivity index (χ1) is 14.5. The van der Waals surface area contributed by atoms with Crippen LogP contribution in [0.5, 0.6) is 0 Å². The molecule has 0 bridgehead atoms. The van der Waals surface area contributed by atoms with Gasteiger partial charge in [-0.2, -0.15) is 5.10 Å². The summed E-state index contributed by atoms with van der Waals surface area (Å²) < 4.78 is 2.72. The van der Waals surface area contributed by atoms with Gasteiger partial charge >= 0.3 is 11.8 Å². The monoisotopic (exact) mass is 473 g/mol. The van der Waals surface area contributed by atoms with Crippen LogP contribution in [0.2, 0.25) is 0 Å². The summed E-state index contributed by atoms with van der Waals surface area (Å²) in [6.45, 7) is 4.72. The molecule has 0 aliphatic carbocycles. The first kappa shape index (κ1) is 20.6. The highest BCUT2D eigenvalue weighted by Crippen LogP contribution is 2.19. The average Bonchev–Trinajstić information content (AvgIpc) is 3.43. The molecule has 0 atom stereocenters. The quantitative estimate of drug-likeness (QED) is 0.623. The molecular formula is C21H24BrN5O3. The topological polar surface area (TPSA) is 78.8 Å². The van der Waals surface area contributed by atoms with Crippen molar-refractivity contribution < 1.29 is 14.4 Å². The summed E-state index contributed by atoms with van der Waals surface area (Å²) in [7, 11) is 0. The summed E-state index contributed by atoms with van der Waals surface area (Å²) in [6, 6.07) is 7.72. The molecule has 2 aliphatic heterocycles. The van der Waals surface area contributed by atoms with Gasteiger partial charge in [0.05, 0.1) is 23.1 Å². The van der Waals surface area contributed by atoms with Gasteiger partial charge in [0.2, 0.25) is 0 Å². The predicted molar refractivity (Wildman–Crippen MR) is 114 cm³/mol. The van der Waals surface area contributed by atoms with Crippen molar-refractivity contribution in [2.24, 2.45) is 0 Å². The smallest absolute Gasteiger partial charge is 0.312 e. The fourth-order valence-corrected chi connectivity index (χ4v) is 4.20. The highest BCUT2D eigenvalue weighted by Gasteiger charge is 2.32. The van der Waals surface area contributed by atoms with Crippen LogP contribution in [0.4, 0.5) is 0 Å². The Morgan fingerprint density at radius 1 is 0.833 bits per heavy atom. The molecule has 0 N–H and O–H groups in total. The number of rotatable bonds is 2. The number of benzene rings is 1. The maximum atomic E-state index is 13.0. The minimum atomic E-state index is -0.455. The third-order valence-electron chi connectivity index (χ3n) is 5.74. The van der Waals surface area contributed by atoms with Crippen molar-refractivity contribution in [1.29, 1.82) is 0 Å². The molecule has 4 rings (SSSR count). The SMILES string of the molecule is Cc1c(C(=O)N2CCN(C(=O)C(=O)N3CCCC3)CC2)cnn1-c1ccc(Br)cc1. The molecule has 0 saturated carbocycles. The Hall–Kier alpha value is -2.68. The Morgan fingerprint density at radius 2 is 1.37 bits per heavy atom. The molecule has 1 aromatic carbocycles. The molecule has 2 aliphatic rings. The van der Waals surface area contributed by atoms with Gasteiger partial charge in [-0.3, -0.25) is 14.4 Å². The van der Waals surface area contributed by atoms with Gasteiger partial charge in [-0.05, 0) is 44.0 Å². The normalized spacial score (nSPS) is 16.8. The highest BCUT2D eigenvalue weighted by atomic mass is 79.9. The van der Waals surface area contributed by atoms with Gasteiger partial charge in [-0.15, -0.1) is 0 Å². The van der Waals surface area contributed by atoms with Crippen LogP contribution in [0.1, 0.15) is 28.9 Å². The third-order valence-corrected chi connectivity index (χ3v) is 6.27. The standard InChI is InChI=1S/C21H24BrN5O3/c1-15-18(14-23-27(15)17-6-4-16(22)5-7-17)19(28)25-10-12-26(13-11-25)21(30)20(29)24-8-2-3-9-24/h4-7,14H,2-3,8-13H2,1H3. The second-order valence-electron chi connectivity index (χ2n) is 7.62. The number of piperazine rings is 1. The minimum Gasteiger partial charge on any atom is -0.335 e. The molecule has 9 heteroatoms. The van der Waals surface area contributed by atoms with E-state index in [0.29, 0.717) is 44.8 Å². The van der Waals surface area contributed by atoms with Crippen molar-refractivity contribution in [2.75, 3.05) is 39.3 Å². The Labute approximate surface area is 183 Å². The Bertz CT molecular complexity index is 958. The van der Waals surface area contributed by atoms with Crippen molar-refractivity contribution in [1.82, 2.24) is 24.5 Å². The zero-order chi connectivity index (χ0) is 21.3. The number of hydrogen-bond acceptors (Lipinski definition) is 4. The number of aromatic nitrogens is 2. The number of hydrogen-bond donors (Lipinski definition) is 0. The highest BCUT2D eigenvalue weighted by molar-refractivity contribution is 9.10. The minimum absolute atomic E-state index is 0.103. The van der Waals surface area contributed by atoms with Crippen molar-refractivity contribution >= 4 is 33.7 Å². The number of amides is 3. The van der Waals surface area contributed by atoms with Gasteiger partial charge in [0.15, 0.2) is 0 Å². The van der Waals surface area contributed by atoms with Gasteiger partial charge in [-0.25, -0.2) is 4.68 Å². The second kappa shape index (κ2) is 8.59. The summed E-state index contributed by atoms with van der Waals surface area (Å²) in [6.07, 6.45) is 3.50. The summed E-state index contributed by atoms with van der Waals surface area (Å²) in [4.78, 5) is 42.7. The van der Waals surface area contributed by atoms with Crippen LogP contribution in [0, 0.1) is 6.92 Å². The van der Waals surface area contributed by atoms with E-state index < -0.39 is 11.8 Å². The lowest BCUT2D eigenvalue weighted by atomic mass is 10.2. The maximum absolute atomic E-state index is 13.0. The summed E-state index contributed by atoms with van der Waals surface area (Å²) >= 11 is 3.42. The zero-order valence-corrected chi connectivity index (χ0v) is 18.5. The van der Waals surface area contributed by atoms with Crippen LogP contribution in [0.3, 0.4) is 0 Å². The molecule has 0 radical (unpaired) electrons. The Morgan fingerprint density at radius 3 is 1.97 bits per heavy atom. The number of carbonyl (C=O) groups excluding carboxylic acids is 3. The van der Waals surface area contributed by atoms with Crippen LogP contribution in [0.25, 0.3) is 5.69 Å². The van der Waals surface area contributed by atoms with Gasteiger partial charge < -0.3 is 14.7 Å². The van der Waals surface area contributed by atoms with Gasteiger partial charge in [-0.1, -0.05) is 15.9 Å². The Balaban J connectivity index is 1.39. The van der Waals surface area contributed by atoms with Crippen LogP contribution in [-0.2, 0) is 9.59 Å². The largest absolute Gasteiger partial charge is 0.335 e. The van der Waals surface area contributed by atoms with E-state index in [1.165, 1.54) is 0 Å². The number of nitrogens with zero attached hydrogens (tertiary/aromatic N) is 5. The van der Waals surface area contributed by atoms with E-state index in [1.54, 1.807) is 25.6 Å². The van der Waals surface area contributed by atoms with Crippen LogP contribution in [0.15, 0.2) is 34.9 Å². The molecule has 3 amide bonds. The van der Waals surface area contributed by atoms with E-state index in [2.05, 4.69) is 21.0 Å². The first-order valence-electron chi connectivity index (χ1n) is 10.1. The van der Waals surface area contributed by atoms with E-state index in [1.807, 2.05) is 31.2 Å². The number of carbonyl (C=O) groups is 3. The molecular weight excluding hydrogens is 450 g/mol. The van der Waals surface area contributed by atoms with Crippen LogP contribution >= 0.6 is 15.9 Å². The summed E-state index contributed by atoms with van der Waals surface area (Å²) in [5, 5.41) is 4.38. The molecule has 0 unspecified atom stereocenters. The van der Waals surface area contributed by atoms with Crippen molar-refractivity contribution in [3.8, 4) is 5.69 Å². The number of halogens is 1. The summed E-state index contributed by atoms with van der Waals surface area (Å²) in [5.74, 6) is -0.976. The third kappa shape index (κ3) is 3.98. The van der Waals surface area contributed by atoms with E-state index in [9.17, 15) is 14.4 Å². The van der Waals surface area contributed by atoms with Crippen LogP contribution < -0.4 is 0 Å². The predicted octanol–water partition coefficient (Wildman–Crippen LogP) is 1.85. The molecule has 3 heterocycles. The lowest BCUT2D eigenvalue weighted by Gasteiger charge is -2.35. The molecule has 2 aromatic rings. The second-order valence-corrected chi connectivity index (χ2v) is 8.53. The molecule has 1 aromatic heterocycles. The molecule has 0 spiro atoms. The van der Waals surface area contributed by atoms with Crippen LogP contribution in [-0.4, -0.2) is 81.5 Å². The fraction of sp³-hybridized carbons (Fsp3) is 0.429. The zero-order valence-electron chi connectivity index (χ0n) is 16.9. The molecule has 158 valence electrons. The molecule has 30 heavy (non-hydrogen) atoms. The lowest BCUT2D eigenvalue weighted by molar-refractivity contribution is -0.152. The lowest BCUT2D eigenvalue weighted by Crippen LogP contribution is -2.54. The fourth-order valence-electron chi connectivity index (χ4n) is 3.94. The van der Waals surface area contributed by atoms with E-state index in [4.69, 9.17) is 0 Å². The van der Waals surface area contributed by atoms with Gasteiger partial charge in [0, 0.05) is 43.7 Å². The van der Waals surface area contributed by atoms with Crippen molar-refractivity contribution in [2.45, 2.75) is 19.8 Å². The maximum Gasteiger partial charge on any atom is 0.312 e. The molecule has 2 saturated heterocycles. The van der Waals surface area contributed by atoms with E-state index in [0.717, 1.165) is 28.7 Å². The van der Waals surface area contributed by atoms with E-state index >= 15 is 0 Å². The molecule has 8 nitrogen and oxygen atoms in total. The Kier molecular flexibility index (Phi) is 5.90. The van der Waals surface area contributed by atoms with Gasteiger partial charge in [0.1, 0.15) is 0 Å². The van der Waals surface area contributed by atoms with E-state index in [-0.39, 0.29) is 5.91 Å².